The summed E-state index contributed by atoms with van der Waals surface area (Å²) in [6, 6.07) is 12.4. The zero-order chi connectivity index (χ0) is 15.8. The summed E-state index contributed by atoms with van der Waals surface area (Å²) >= 11 is 0. The number of hydrogen-bond donors (Lipinski definition) is 3. The maximum atomic E-state index is 11.9. The second-order valence-corrected chi connectivity index (χ2v) is 6.11. The molecule has 0 aliphatic heterocycles. The van der Waals surface area contributed by atoms with E-state index in [0.717, 1.165) is 5.69 Å². The summed E-state index contributed by atoms with van der Waals surface area (Å²) in [5, 5.41) is 2.91. The van der Waals surface area contributed by atoms with Gasteiger partial charge in [0.15, 0.2) is 5.96 Å². The molecule has 0 aliphatic rings. The smallest absolute Gasteiger partial charge is 0.242 e. The van der Waals surface area contributed by atoms with Crippen molar-refractivity contribution in [2.24, 2.45) is 10.7 Å². The summed E-state index contributed by atoms with van der Waals surface area (Å²) in [5.41, 5.74) is 6.54. The molecule has 8 heteroatoms. The third kappa shape index (κ3) is 4.83. The van der Waals surface area contributed by atoms with Crippen LogP contribution in [0.3, 0.4) is 0 Å². The number of pyridine rings is 1. The standard InChI is InChI=1S/C14H17N5O2S/c15-14(19-12-5-2-1-3-6-12)17-9-10-18-22(20,21)13-7-4-8-16-11-13/h1-8,11,18H,9-10H2,(H3,15,17,19). The molecule has 7 nitrogen and oxygen atoms in total. The topological polar surface area (TPSA) is 109 Å². The van der Waals surface area contributed by atoms with E-state index in [1.165, 1.54) is 18.5 Å². The summed E-state index contributed by atoms with van der Waals surface area (Å²) < 4.78 is 26.3. The Balaban J connectivity index is 1.82. The average Bonchev–Trinajstić information content (AvgIpc) is 2.53. The monoisotopic (exact) mass is 319 g/mol. The lowest BCUT2D eigenvalue weighted by Crippen LogP contribution is -2.28. The number of guanidine groups is 1. The highest BCUT2D eigenvalue weighted by Gasteiger charge is 2.12. The molecule has 4 N–H and O–H groups in total. The van der Waals surface area contributed by atoms with E-state index in [-0.39, 0.29) is 23.9 Å². The van der Waals surface area contributed by atoms with Crippen LogP contribution in [0, 0.1) is 0 Å². The Morgan fingerprint density at radius 1 is 1.18 bits per heavy atom. The minimum atomic E-state index is -3.56. The number of nitrogens with two attached hydrogens (primary N) is 1. The predicted molar refractivity (Wildman–Crippen MR) is 86.0 cm³/mol. The van der Waals surface area contributed by atoms with Gasteiger partial charge in [0.1, 0.15) is 4.90 Å². The van der Waals surface area contributed by atoms with Gasteiger partial charge in [-0.1, -0.05) is 18.2 Å². The number of nitrogens with one attached hydrogen (secondary N) is 2. The van der Waals surface area contributed by atoms with Gasteiger partial charge < -0.3 is 11.1 Å². The molecule has 0 unspecified atom stereocenters. The zero-order valence-corrected chi connectivity index (χ0v) is 12.6. The van der Waals surface area contributed by atoms with Gasteiger partial charge in [-0.25, -0.2) is 13.1 Å². The van der Waals surface area contributed by atoms with Crippen molar-refractivity contribution in [2.45, 2.75) is 4.90 Å². The maximum absolute atomic E-state index is 11.9. The molecule has 1 heterocycles. The largest absolute Gasteiger partial charge is 0.370 e. The summed E-state index contributed by atoms with van der Waals surface area (Å²) in [4.78, 5) is 7.95. The van der Waals surface area contributed by atoms with E-state index in [0.29, 0.717) is 0 Å². The van der Waals surface area contributed by atoms with E-state index in [1.807, 2.05) is 30.3 Å². The van der Waals surface area contributed by atoms with E-state index in [2.05, 4.69) is 20.0 Å². The molecule has 0 saturated heterocycles. The molecule has 0 atom stereocenters. The number of sulfonamides is 1. The lowest BCUT2D eigenvalue weighted by atomic mass is 10.3. The average molecular weight is 319 g/mol. The van der Waals surface area contributed by atoms with Crippen LogP contribution in [-0.4, -0.2) is 32.5 Å². The molecule has 0 fully saturated rings. The number of benzene rings is 1. The summed E-state index contributed by atoms with van der Waals surface area (Å²) in [5.74, 6) is 0.228. The first-order chi connectivity index (χ1) is 10.6. The number of anilines is 1. The van der Waals surface area contributed by atoms with Crippen LogP contribution in [0.5, 0.6) is 0 Å². The van der Waals surface area contributed by atoms with Crippen LogP contribution < -0.4 is 15.8 Å². The van der Waals surface area contributed by atoms with Crippen LogP contribution in [0.15, 0.2) is 64.7 Å². The molecule has 116 valence electrons. The minimum absolute atomic E-state index is 0.120. The third-order valence-electron chi connectivity index (χ3n) is 2.68. The molecule has 1 aromatic heterocycles. The number of para-hydroxylation sites is 1. The van der Waals surface area contributed by atoms with Crippen LogP contribution >= 0.6 is 0 Å². The lowest BCUT2D eigenvalue weighted by molar-refractivity contribution is 0.582. The zero-order valence-electron chi connectivity index (χ0n) is 11.8. The highest BCUT2D eigenvalue weighted by Crippen LogP contribution is 2.05. The highest BCUT2D eigenvalue weighted by atomic mass is 32.2. The van der Waals surface area contributed by atoms with Crippen molar-refractivity contribution < 1.29 is 8.42 Å². The first kappa shape index (κ1) is 15.9. The van der Waals surface area contributed by atoms with E-state index in [9.17, 15) is 8.42 Å². The van der Waals surface area contributed by atoms with E-state index in [1.54, 1.807) is 6.07 Å². The number of rotatable bonds is 6. The first-order valence-electron chi connectivity index (χ1n) is 6.59. The van der Waals surface area contributed by atoms with Crippen LogP contribution in [-0.2, 0) is 10.0 Å². The van der Waals surface area contributed by atoms with Crippen molar-refractivity contribution in [2.75, 3.05) is 18.4 Å². The maximum Gasteiger partial charge on any atom is 0.242 e. The number of hydrogen-bond acceptors (Lipinski definition) is 4. The predicted octanol–water partition coefficient (Wildman–Crippen LogP) is 0.787. The van der Waals surface area contributed by atoms with Gasteiger partial charge in [0.25, 0.3) is 0 Å². The van der Waals surface area contributed by atoms with Gasteiger partial charge in [0.05, 0.1) is 6.54 Å². The summed E-state index contributed by atoms with van der Waals surface area (Å²) in [6.07, 6.45) is 2.80. The van der Waals surface area contributed by atoms with Crippen molar-refractivity contribution in [3.05, 3.63) is 54.9 Å². The van der Waals surface area contributed by atoms with Gasteiger partial charge in [0, 0.05) is 24.6 Å². The van der Waals surface area contributed by atoms with Gasteiger partial charge in [-0.05, 0) is 24.3 Å². The summed E-state index contributed by atoms with van der Waals surface area (Å²) in [7, 11) is -3.56. The Kier molecular flexibility index (Phi) is 5.45. The van der Waals surface area contributed by atoms with Gasteiger partial charge in [-0.3, -0.25) is 9.98 Å². The van der Waals surface area contributed by atoms with Crippen molar-refractivity contribution in [1.29, 1.82) is 0 Å². The van der Waals surface area contributed by atoms with Crippen LogP contribution in [0.1, 0.15) is 0 Å². The molecule has 2 aromatic rings. The van der Waals surface area contributed by atoms with Gasteiger partial charge in [0.2, 0.25) is 10.0 Å². The summed E-state index contributed by atoms with van der Waals surface area (Å²) in [6.45, 7) is 0.375. The van der Waals surface area contributed by atoms with E-state index in [4.69, 9.17) is 5.73 Å². The van der Waals surface area contributed by atoms with Crippen molar-refractivity contribution in [3.63, 3.8) is 0 Å². The lowest BCUT2D eigenvalue weighted by Gasteiger charge is -2.06. The molecule has 1 aromatic carbocycles. The molecule has 0 aliphatic carbocycles. The second-order valence-electron chi connectivity index (χ2n) is 4.34. The Morgan fingerprint density at radius 2 is 1.95 bits per heavy atom. The fraction of sp³-hybridized carbons (Fsp3) is 0.143. The van der Waals surface area contributed by atoms with E-state index >= 15 is 0 Å². The molecular weight excluding hydrogens is 302 g/mol. The quantitative estimate of drug-likeness (QED) is 0.414. The number of aromatic nitrogens is 1. The molecule has 0 radical (unpaired) electrons. The Hall–Kier alpha value is -2.45. The molecule has 2 rings (SSSR count). The molecule has 0 bridgehead atoms. The Bertz CT molecular complexity index is 717. The first-order valence-corrected chi connectivity index (χ1v) is 8.08. The molecule has 0 saturated carbocycles. The van der Waals surface area contributed by atoms with Crippen molar-refractivity contribution in [3.8, 4) is 0 Å². The molecule has 0 amide bonds. The van der Waals surface area contributed by atoms with Gasteiger partial charge in [-0.2, -0.15) is 0 Å². The van der Waals surface area contributed by atoms with Gasteiger partial charge >= 0.3 is 0 Å². The van der Waals surface area contributed by atoms with E-state index < -0.39 is 10.0 Å². The molecular formula is C14H17N5O2S. The fourth-order valence-corrected chi connectivity index (χ4v) is 2.64. The number of aliphatic imine (C=N–C) groups is 1. The van der Waals surface area contributed by atoms with Crippen LogP contribution in [0.25, 0.3) is 0 Å². The molecule has 0 spiro atoms. The normalized spacial score (nSPS) is 12.1. The van der Waals surface area contributed by atoms with Crippen molar-refractivity contribution in [1.82, 2.24) is 9.71 Å². The fourth-order valence-electron chi connectivity index (χ4n) is 1.65. The number of nitrogens with zero attached hydrogens (tertiary/aromatic N) is 2. The Morgan fingerprint density at radius 3 is 2.64 bits per heavy atom. The van der Waals surface area contributed by atoms with Crippen LogP contribution in [0.2, 0.25) is 0 Å². The van der Waals surface area contributed by atoms with Crippen molar-refractivity contribution >= 4 is 21.7 Å². The SMILES string of the molecule is NC(=NCCNS(=O)(=O)c1cccnc1)Nc1ccccc1. The second kappa shape index (κ2) is 7.53. The minimum Gasteiger partial charge on any atom is -0.370 e. The Labute approximate surface area is 129 Å². The third-order valence-corrected chi connectivity index (χ3v) is 4.12. The van der Waals surface area contributed by atoms with Gasteiger partial charge in [-0.15, -0.1) is 0 Å². The highest BCUT2D eigenvalue weighted by molar-refractivity contribution is 7.89. The van der Waals surface area contributed by atoms with Crippen LogP contribution in [0.4, 0.5) is 5.69 Å². The molecule has 22 heavy (non-hydrogen) atoms.